The standard InChI is InChI=1S/C11H16F2N2O2/c1-15(2)14-7-8-4-5-9(16-3)10(6-8)17-11(12)13/h4-6,11,14H,7H2,1-3H3. The topological polar surface area (TPSA) is 33.7 Å². The van der Waals surface area contributed by atoms with Crippen molar-refractivity contribution in [3.8, 4) is 11.5 Å². The number of hydrogen-bond acceptors (Lipinski definition) is 4. The number of rotatable bonds is 6. The highest BCUT2D eigenvalue weighted by molar-refractivity contribution is 5.42. The van der Waals surface area contributed by atoms with Crippen molar-refractivity contribution in [3.63, 3.8) is 0 Å². The van der Waals surface area contributed by atoms with Crippen molar-refractivity contribution in [1.82, 2.24) is 10.4 Å². The Morgan fingerprint density at radius 1 is 1.29 bits per heavy atom. The molecule has 4 nitrogen and oxygen atoms in total. The second-order valence-electron chi connectivity index (χ2n) is 3.59. The van der Waals surface area contributed by atoms with E-state index in [1.54, 1.807) is 17.1 Å². The van der Waals surface area contributed by atoms with Crippen LogP contribution in [0.1, 0.15) is 5.56 Å². The Balaban J connectivity index is 2.80. The first kappa shape index (κ1) is 13.7. The molecule has 0 heterocycles. The van der Waals surface area contributed by atoms with Crippen LogP contribution in [-0.2, 0) is 6.54 Å². The third-order valence-electron chi connectivity index (χ3n) is 2.04. The maximum atomic E-state index is 12.2. The van der Waals surface area contributed by atoms with Gasteiger partial charge in [-0.15, -0.1) is 0 Å². The van der Waals surface area contributed by atoms with Crippen LogP contribution in [0.25, 0.3) is 0 Å². The summed E-state index contributed by atoms with van der Waals surface area (Å²) < 4.78 is 33.7. The monoisotopic (exact) mass is 246 g/mol. The summed E-state index contributed by atoms with van der Waals surface area (Å²) in [6.07, 6.45) is 0. The molecular weight excluding hydrogens is 230 g/mol. The van der Waals surface area contributed by atoms with Gasteiger partial charge >= 0.3 is 6.61 Å². The summed E-state index contributed by atoms with van der Waals surface area (Å²) in [5.74, 6) is 0.333. The summed E-state index contributed by atoms with van der Waals surface area (Å²) in [6.45, 7) is -2.34. The maximum absolute atomic E-state index is 12.2. The summed E-state index contributed by atoms with van der Waals surface area (Å²) in [5, 5.41) is 1.78. The first-order chi connectivity index (χ1) is 8.02. The molecule has 0 aliphatic carbocycles. The van der Waals surface area contributed by atoms with Gasteiger partial charge in [0.2, 0.25) is 0 Å². The lowest BCUT2D eigenvalue weighted by Crippen LogP contribution is -2.29. The second-order valence-corrected chi connectivity index (χ2v) is 3.59. The number of halogens is 2. The SMILES string of the molecule is COc1ccc(CNN(C)C)cc1OC(F)F. The highest BCUT2D eigenvalue weighted by atomic mass is 19.3. The van der Waals surface area contributed by atoms with Crippen LogP contribution in [0.4, 0.5) is 8.78 Å². The Morgan fingerprint density at radius 2 is 2.00 bits per heavy atom. The minimum Gasteiger partial charge on any atom is -0.493 e. The number of nitrogens with zero attached hydrogens (tertiary/aromatic N) is 1. The van der Waals surface area contributed by atoms with Crippen molar-refractivity contribution in [2.45, 2.75) is 13.2 Å². The third-order valence-corrected chi connectivity index (χ3v) is 2.04. The first-order valence-electron chi connectivity index (χ1n) is 5.05. The molecule has 0 amide bonds. The molecule has 0 radical (unpaired) electrons. The van der Waals surface area contributed by atoms with E-state index in [1.165, 1.54) is 13.2 Å². The fourth-order valence-electron chi connectivity index (χ4n) is 1.27. The zero-order valence-corrected chi connectivity index (χ0v) is 10.0. The van der Waals surface area contributed by atoms with E-state index in [9.17, 15) is 8.78 Å². The van der Waals surface area contributed by atoms with Gasteiger partial charge in [0.05, 0.1) is 7.11 Å². The minimum atomic E-state index is -2.86. The molecule has 0 unspecified atom stereocenters. The smallest absolute Gasteiger partial charge is 0.387 e. The van der Waals surface area contributed by atoms with E-state index >= 15 is 0 Å². The molecule has 17 heavy (non-hydrogen) atoms. The van der Waals surface area contributed by atoms with Crippen LogP contribution in [0.15, 0.2) is 18.2 Å². The van der Waals surface area contributed by atoms with Gasteiger partial charge in [0.1, 0.15) is 0 Å². The average Bonchev–Trinajstić information content (AvgIpc) is 2.25. The largest absolute Gasteiger partial charge is 0.493 e. The van der Waals surface area contributed by atoms with Crippen molar-refractivity contribution in [3.05, 3.63) is 23.8 Å². The Morgan fingerprint density at radius 3 is 2.53 bits per heavy atom. The highest BCUT2D eigenvalue weighted by Crippen LogP contribution is 2.29. The summed E-state index contributed by atoms with van der Waals surface area (Å²) in [6, 6.07) is 4.92. The summed E-state index contributed by atoms with van der Waals surface area (Å²) in [7, 11) is 5.10. The van der Waals surface area contributed by atoms with Gasteiger partial charge in [-0.25, -0.2) is 0 Å². The molecule has 0 aliphatic heterocycles. The number of ether oxygens (including phenoxy) is 2. The van der Waals surface area contributed by atoms with Crippen LogP contribution in [0.3, 0.4) is 0 Å². The van der Waals surface area contributed by atoms with E-state index in [1.807, 2.05) is 14.1 Å². The van der Waals surface area contributed by atoms with Crippen molar-refractivity contribution in [2.75, 3.05) is 21.2 Å². The van der Waals surface area contributed by atoms with Crippen LogP contribution in [0, 0.1) is 0 Å². The fraction of sp³-hybridized carbons (Fsp3) is 0.455. The zero-order valence-electron chi connectivity index (χ0n) is 10.0. The van der Waals surface area contributed by atoms with Crippen LogP contribution < -0.4 is 14.9 Å². The predicted molar refractivity (Wildman–Crippen MR) is 60.2 cm³/mol. The van der Waals surface area contributed by atoms with Crippen molar-refractivity contribution in [2.24, 2.45) is 0 Å². The van der Waals surface area contributed by atoms with E-state index in [2.05, 4.69) is 10.2 Å². The lowest BCUT2D eigenvalue weighted by Gasteiger charge is -2.14. The minimum absolute atomic E-state index is 0.0422. The van der Waals surface area contributed by atoms with Crippen molar-refractivity contribution >= 4 is 0 Å². The molecule has 0 aliphatic rings. The summed E-state index contributed by atoms with van der Waals surface area (Å²) in [5.41, 5.74) is 3.86. The first-order valence-corrected chi connectivity index (χ1v) is 5.05. The Bertz CT molecular complexity index is 359. The molecule has 0 spiro atoms. The number of hydrazine groups is 1. The van der Waals surface area contributed by atoms with Crippen LogP contribution in [-0.4, -0.2) is 32.8 Å². The maximum Gasteiger partial charge on any atom is 0.387 e. The quantitative estimate of drug-likeness (QED) is 0.777. The zero-order chi connectivity index (χ0) is 12.8. The van der Waals surface area contributed by atoms with Gasteiger partial charge in [-0.2, -0.15) is 8.78 Å². The van der Waals surface area contributed by atoms with Crippen LogP contribution in [0.5, 0.6) is 11.5 Å². The summed E-state index contributed by atoms with van der Waals surface area (Å²) in [4.78, 5) is 0. The predicted octanol–water partition coefficient (Wildman–Crippen LogP) is 1.86. The molecule has 0 saturated heterocycles. The number of benzene rings is 1. The Labute approximate surface area is 99.1 Å². The molecule has 6 heteroatoms. The molecule has 0 fully saturated rings. The molecule has 0 aromatic heterocycles. The number of alkyl halides is 2. The third kappa shape index (κ3) is 4.54. The van der Waals surface area contributed by atoms with Gasteiger partial charge in [-0.05, 0) is 17.7 Å². The molecule has 96 valence electrons. The normalized spacial score (nSPS) is 11.0. The van der Waals surface area contributed by atoms with Crippen LogP contribution in [0.2, 0.25) is 0 Å². The van der Waals surface area contributed by atoms with E-state index in [4.69, 9.17) is 4.74 Å². The van der Waals surface area contributed by atoms with Gasteiger partial charge < -0.3 is 9.47 Å². The van der Waals surface area contributed by atoms with Crippen molar-refractivity contribution in [1.29, 1.82) is 0 Å². The van der Waals surface area contributed by atoms with Gasteiger partial charge in [0.25, 0.3) is 0 Å². The van der Waals surface area contributed by atoms with E-state index in [0.29, 0.717) is 12.3 Å². The van der Waals surface area contributed by atoms with E-state index < -0.39 is 6.61 Å². The highest BCUT2D eigenvalue weighted by Gasteiger charge is 2.11. The summed E-state index contributed by atoms with van der Waals surface area (Å²) >= 11 is 0. The molecule has 1 rings (SSSR count). The number of hydrogen-bond donors (Lipinski definition) is 1. The average molecular weight is 246 g/mol. The van der Waals surface area contributed by atoms with E-state index in [-0.39, 0.29) is 5.75 Å². The molecule has 1 N–H and O–H groups in total. The second kappa shape index (κ2) is 6.36. The lowest BCUT2D eigenvalue weighted by atomic mass is 10.2. The Kier molecular flexibility index (Phi) is 5.11. The molecule has 0 atom stereocenters. The number of nitrogens with one attached hydrogen (secondary N) is 1. The molecule has 1 aromatic carbocycles. The molecule has 1 aromatic rings. The lowest BCUT2D eigenvalue weighted by molar-refractivity contribution is -0.0512. The van der Waals surface area contributed by atoms with Gasteiger partial charge in [-0.3, -0.25) is 10.4 Å². The number of methoxy groups -OCH3 is 1. The molecule has 0 saturated carbocycles. The van der Waals surface area contributed by atoms with Gasteiger partial charge in [0, 0.05) is 20.6 Å². The Hall–Kier alpha value is -1.40. The van der Waals surface area contributed by atoms with E-state index in [0.717, 1.165) is 5.56 Å². The van der Waals surface area contributed by atoms with Crippen LogP contribution >= 0.6 is 0 Å². The van der Waals surface area contributed by atoms with Gasteiger partial charge in [-0.1, -0.05) is 6.07 Å². The fourth-order valence-corrected chi connectivity index (χ4v) is 1.27. The van der Waals surface area contributed by atoms with Gasteiger partial charge in [0.15, 0.2) is 11.5 Å². The molecular formula is C11H16F2N2O2. The molecule has 0 bridgehead atoms. The van der Waals surface area contributed by atoms with Crippen molar-refractivity contribution < 1.29 is 18.3 Å².